The molecular weight excluding hydrogens is 436 g/mol. The molecule has 1 heterocycles. The van der Waals surface area contributed by atoms with Crippen LogP contribution in [0.5, 0.6) is 0 Å². The van der Waals surface area contributed by atoms with Crippen LogP contribution in [0, 0.1) is 0 Å². The molecule has 3 aromatic rings. The second-order valence-electron chi connectivity index (χ2n) is 8.65. The number of nitrogens with zero attached hydrogens (tertiary/aromatic N) is 2. The summed E-state index contributed by atoms with van der Waals surface area (Å²) in [5.41, 5.74) is 3.23. The zero-order valence-electron chi connectivity index (χ0n) is 19.9. The molecular formula is C29H32N4O2. The lowest BCUT2D eigenvalue weighted by Gasteiger charge is -2.33. The lowest BCUT2D eigenvalue weighted by molar-refractivity contribution is -0.117. The zero-order chi connectivity index (χ0) is 24.3. The van der Waals surface area contributed by atoms with Gasteiger partial charge in [0.25, 0.3) is 5.91 Å². The van der Waals surface area contributed by atoms with E-state index in [-0.39, 0.29) is 11.8 Å². The molecule has 2 N–H and O–H groups in total. The summed E-state index contributed by atoms with van der Waals surface area (Å²) in [6.45, 7) is 5.17. The fourth-order valence-corrected chi connectivity index (χ4v) is 4.09. The minimum atomic E-state index is -0.207. The van der Waals surface area contributed by atoms with Crippen molar-refractivity contribution in [2.24, 2.45) is 0 Å². The second-order valence-corrected chi connectivity index (χ2v) is 8.65. The number of hydrogen-bond acceptors (Lipinski definition) is 4. The van der Waals surface area contributed by atoms with E-state index in [2.05, 4.69) is 44.7 Å². The minimum absolute atomic E-state index is 0.106. The van der Waals surface area contributed by atoms with Gasteiger partial charge in [-0.1, -0.05) is 84.9 Å². The Morgan fingerprint density at radius 1 is 0.771 bits per heavy atom. The Bertz CT molecular complexity index is 1120. The average molecular weight is 469 g/mol. The summed E-state index contributed by atoms with van der Waals surface area (Å²) in [7, 11) is 0. The van der Waals surface area contributed by atoms with E-state index in [1.54, 1.807) is 18.2 Å². The molecule has 1 aliphatic heterocycles. The number of anilines is 1. The van der Waals surface area contributed by atoms with Crippen LogP contribution >= 0.6 is 0 Å². The molecule has 0 aromatic heterocycles. The number of amides is 2. The van der Waals surface area contributed by atoms with Crippen LogP contribution in [-0.2, 0) is 11.3 Å². The van der Waals surface area contributed by atoms with Crippen LogP contribution in [0.1, 0.15) is 21.5 Å². The first kappa shape index (κ1) is 24.4. The molecule has 180 valence electrons. The highest BCUT2D eigenvalue weighted by molar-refractivity contribution is 6.04. The molecule has 0 bridgehead atoms. The maximum Gasteiger partial charge on any atom is 0.253 e. The fraction of sp³-hybridized carbons (Fsp3) is 0.241. The summed E-state index contributed by atoms with van der Waals surface area (Å²) in [5.74, 6) is -0.312. The van der Waals surface area contributed by atoms with Crippen molar-refractivity contribution in [3.05, 3.63) is 108 Å². The van der Waals surface area contributed by atoms with Gasteiger partial charge in [0.05, 0.1) is 17.8 Å². The van der Waals surface area contributed by atoms with Gasteiger partial charge in [-0.3, -0.25) is 19.4 Å². The van der Waals surface area contributed by atoms with Crippen molar-refractivity contribution in [1.29, 1.82) is 0 Å². The normalized spacial score (nSPS) is 14.6. The molecule has 6 heteroatoms. The molecule has 1 fully saturated rings. The first-order valence-electron chi connectivity index (χ1n) is 12.0. The summed E-state index contributed by atoms with van der Waals surface area (Å²) >= 11 is 0. The van der Waals surface area contributed by atoms with Crippen LogP contribution in [0.3, 0.4) is 0 Å². The maximum atomic E-state index is 12.7. The Morgan fingerprint density at radius 3 is 2.14 bits per heavy atom. The average Bonchev–Trinajstić information content (AvgIpc) is 2.90. The highest BCUT2D eigenvalue weighted by Gasteiger charge is 2.19. The first-order chi connectivity index (χ1) is 17.2. The van der Waals surface area contributed by atoms with Gasteiger partial charge in [-0.2, -0.15) is 0 Å². The van der Waals surface area contributed by atoms with Crippen molar-refractivity contribution in [2.45, 2.75) is 6.54 Å². The first-order valence-corrected chi connectivity index (χ1v) is 12.0. The molecule has 3 aromatic carbocycles. The van der Waals surface area contributed by atoms with Gasteiger partial charge in [-0.25, -0.2) is 0 Å². The van der Waals surface area contributed by atoms with Crippen molar-refractivity contribution in [1.82, 2.24) is 15.1 Å². The lowest BCUT2D eigenvalue weighted by Crippen LogP contribution is -2.48. The predicted octanol–water partition coefficient (Wildman–Crippen LogP) is 3.89. The minimum Gasteiger partial charge on any atom is -0.348 e. The smallest absolute Gasteiger partial charge is 0.253 e. The van der Waals surface area contributed by atoms with Gasteiger partial charge in [-0.05, 0) is 23.3 Å². The van der Waals surface area contributed by atoms with E-state index in [0.717, 1.165) is 38.3 Å². The number of carbonyl (C=O) groups excluding carboxylic acids is 2. The Morgan fingerprint density at radius 2 is 1.40 bits per heavy atom. The quantitative estimate of drug-likeness (QED) is 0.500. The topological polar surface area (TPSA) is 64.7 Å². The number of carbonyl (C=O) groups is 2. The van der Waals surface area contributed by atoms with E-state index in [0.29, 0.717) is 24.3 Å². The number of rotatable bonds is 9. The summed E-state index contributed by atoms with van der Waals surface area (Å²) in [6, 6.07) is 27.2. The van der Waals surface area contributed by atoms with E-state index in [1.165, 1.54) is 5.56 Å². The van der Waals surface area contributed by atoms with E-state index in [4.69, 9.17) is 0 Å². The zero-order valence-corrected chi connectivity index (χ0v) is 19.9. The Hall–Kier alpha value is -3.74. The molecule has 0 unspecified atom stereocenters. The van der Waals surface area contributed by atoms with Crippen molar-refractivity contribution in [2.75, 3.05) is 44.6 Å². The monoisotopic (exact) mass is 468 g/mol. The number of piperazine rings is 1. The van der Waals surface area contributed by atoms with Gasteiger partial charge >= 0.3 is 0 Å². The molecule has 0 spiro atoms. The van der Waals surface area contributed by atoms with Crippen molar-refractivity contribution in [3.63, 3.8) is 0 Å². The number of nitrogens with one attached hydrogen (secondary N) is 2. The molecule has 1 saturated heterocycles. The lowest BCUT2D eigenvalue weighted by atomic mass is 10.1. The predicted molar refractivity (Wildman–Crippen MR) is 141 cm³/mol. The van der Waals surface area contributed by atoms with Gasteiger partial charge in [0.2, 0.25) is 5.91 Å². The third-order valence-electron chi connectivity index (χ3n) is 6.05. The maximum absolute atomic E-state index is 12.7. The Kier molecular flexibility index (Phi) is 8.81. The highest BCUT2D eigenvalue weighted by atomic mass is 16.2. The SMILES string of the molecule is O=C(CN1CCN(CC=Cc2ccccc2)CC1)Nc1ccccc1C(=O)NCc1ccccc1. The number of hydrogen-bond donors (Lipinski definition) is 2. The number of benzene rings is 3. The van der Waals surface area contributed by atoms with Crippen molar-refractivity contribution in [3.8, 4) is 0 Å². The van der Waals surface area contributed by atoms with Gasteiger partial charge in [0.1, 0.15) is 0 Å². The molecule has 2 amide bonds. The van der Waals surface area contributed by atoms with Crippen molar-refractivity contribution >= 4 is 23.6 Å². The van der Waals surface area contributed by atoms with Crippen molar-refractivity contribution < 1.29 is 9.59 Å². The number of para-hydroxylation sites is 1. The van der Waals surface area contributed by atoms with Crippen LogP contribution in [-0.4, -0.2) is 60.9 Å². The molecule has 4 rings (SSSR count). The molecule has 35 heavy (non-hydrogen) atoms. The second kappa shape index (κ2) is 12.6. The molecule has 1 aliphatic rings. The van der Waals surface area contributed by atoms with Gasteiger partial charge in [0.15, 0.2) is 0 Å². The van der Waals surface area contributed by atoms with Gasteiger partial charge < -0.3 is 10.6 Å². The van der Waals surface area contributed by atoms with Crippen LogP contribution in [0.2, 0.25) is 0 Å². The summed E-state index contributed by atoms with van der Waals surface area (Å²) in [6.07, 6.45) is 4.34. The molecule has 0 aliphatic carbocycles. The summed E-state index contributed by atoms with van der Waals surface area (Å²) in [5, 5.41) is 5.86. The van der Waals surface area contributed by atoms with Crippen LogP contribution < -0.4 is 10.6 Å². The van der Waals surface area contributed by atoms with E-state index < -0.39 is 0 Å². The summed E-state index contributed by atoms with van der Waals surface area (Å²) < 4.78 is 0. The third-order valence-corrected chi connectivity index (χ3v) is 6.05. The van der Waals surface area contributed by atoms with E-state index in [9.17, 15) is 9.59 Å². The Labute approximate surface area is 207 Å². The summed E-state index contributed by atoms with van der Waals surface area (Å²) in [4.78, 5) is 30.0. The molecule has 0 radical (unpaired) electrons. The molecule has 0 atom stereocenters. The van der Waals surface area contributed by atoms with Crippen LogP contribution in [0.25, 0.3) is 6.08 Å². The third kappa shape index (κ3) is 7.64. The van der Waals surface area contributed by atoms with Crippen LogP contribution in [0.4, 0.5) is 5.69 Å². The van der Waals surface area contributed by atoms with E-state index >= 15 is 0 Å². The standard InChI is InChI=1S/C29H32N4O2/c34-28(23-33-20-18-32(19-21-33)17-9-14-24-10-3-1-4-11-24)31-27-16-8-7-15-26(27)29(35)30-22-25-12-5-2-6-13-25/h1-16H,17-23H2,(H,30,35)(H,31,34). The molecule has 6 nitrogen and oxygen atoms in total. The Balaban J connectivity index is 1.22. The largest absolute Gasteiger partial charge is 0.348 e. The van der Waals surface area contributed by atoms with Gasteiger partial charge in [-0.15, -0.1) is 0 Å². The van der Waals surface area contributed by atoms with Crippen LogP contribution in [0.15, 0.2) is 91.0 Å². The van der Waals surface area contributed by atoms with E-state index in [1.807, 2.05) is 54.6 Å². The molecule has 0 saturated carbocycles. The van der Waals surface area contributed by atoms with Gasteiger partial charge in [0, 0.05) is 39.3 Å². The highest BCUT2D eigenvalue weighted by Crippen LogP contribution is 2.15. The fourth-order valence-electron chi connectivity index (χ4n) is 4.09.